The highest BCUT2D eigenvalue weighted by molar-refractivity contribution is 8.00. The van der Waals surface area contributed by atoms with Gasteiger partial charge in [0.2, 0.25) is 12.7 Å². The lowest BCUT2D eigenvalue weighted by atomic mass is 10.2. The van der Waals surface area contributed by atoms with Crippen molar-refractivity contribution in [2.75, 3.05) is 6.79 Å². The van der Waals surface area contributed by atoms with E-state index in [2.05, 4.69) is 15.5 Å². The number of carbonyl (C=O) groups excluding carboxylic acids is 1. The van der Waals surface area contributed by atoms with E-state index in [1.165, 1.54) is 11.8 Å². The van der Waals surface area contributed by atoms with E-state index in [0.29, 0.717) is 29.7 Å². The summed E-state index contributed by atoms with van der Waals surface area (Å²) in [7, 11) is 0. The summed E-state index contributed by atoms with van der Waals surface area (Å²) in [6.07, 6.45) is 0.817. The Morgan fingerprint density at radius 2 is 2.24 bits per heavy atom. The maximum Gasteiger partial charge on any atom is 0.343 e. The van der Waals surface area contributed by atoms with Crippen LogP contribution in [0, 0.1) is 0 Å². The first kappa shape index (κ1) is 17.4. The highest BCUT2D eigenvalue weighted by Crippen LogP contribution is 2.32. The average molecular weight is 364 g/mol. The molecule has 134 valence electrons. The molecule has 2 N–H and O–H groups in total. The third kappa shape index (κ3) is 3.98. The normalized spacial score (nSPS) is 13.7. The number of ether oxygens (including phenoxy) is 2. The number of amides is 1. The number of nitrogens with one attached hydrogen (secondary N) is 2. The SMILES string of the molecule is CCCn1c(S[C@@H](C)C(=O)NCc2ccc3c(c2)OCO3)n[nH]c1=O. The Kier molecular flexibility index (Phi) is 5.32. The lowest BCUT2D eigenvalue weighted by Crippen LogP contribution is -2.30. The van der Waals surface area contributed by atoms with Gasteiger partial charge in [0.1, 0.15) is 0 Å². The van der Waals surface area contributed by atoms with Crippen molar-refractivity contribution in [2.24, 2.45) is 0 Å². The van der Waals surface area contributed by atoms with Crippen LogP contribution in [0.4, 0.5) is 0 Å². The first-order valence-corrected chi connectivity index (χ1v) is 8.94. The topological polar surface area (TPSA) is 98.2 Å². The molecule has 1 aromatic carbocycles. The monoisotopic (exact) mass is 364 g/mol. The molecule has 3 rings (SSSR count). The first-order chi connectivity index (χ1) is 12.1. The molecule has 1 atom stereocenters. The average Bonchev–Trinajstić information content (AvgIpc) is 3.20. The molecular weight excluding hydrogens is 344 g/mol. The van der Waals surface area contributed by atoms with Crippen molar-refractivity contribution in [3.63, 3.8) is 0 Å². The van der Waals surface area contributed by atoms with Gasteiger partial charge in [-0.3, -0.25) is 9.36 Å². The fourth-order valence-corrected chi connectivity index (χ4v) is 3.32. The van der Waals surface area contributed by atoms with Crippen LogP contribution in [0.25, 0.3) is 0 Å². The lowest BCUT2D eigenvalue weighted by Gasteiger charge is -2.12. The third-order valence-electron chi connectivity index (χ3n) is 3.73. The van der Waals surface area contributed by atoms with Gasteiger partial charge in [-0.1, -0.05) is 24.8 Å². The van der Waals surface area contributed by atoms with Gasteiger partial charge in [-0.25, -0.2) is 9.89 Å². The quantitative estimate of drug-likeness (QED) is 0.723. The molecule has 0 saturated heterocycles. The van der Waals surface area contributed by atoms with E-state index < -0.39 is 0 Å². The smallest absolute Gasteiger partial charge is 0.343 e. The number of aromatic nitrogens is 3. The second kappa shape index (κ2) is 7.64. The van der Waals surface area contributed by atoms with Gasteiger partial charge in [-0.05, 0) is 31.0 Å². The highest BCUT2D eigenvalue weighted by atomic mass is 32.2. The third-order valence-corrected chi connectivity index (χ3v) is 4.82. The Morgan fingerprint density at radius 3 is 3.04 bits per heavy atom. The van der Waals surface area contributed by atoms with E-state index in [9.17, 15) is 9.59 Å². The molecule has 1 aliphatic heterocycles. The van der Waals surface area contributed by atoms with Gasteiger partial charge in [0.05, 0.1) is 5.25 Å². The maximum absolute atomic E-state index is 12.3. The molecule has 0 fully saturated rings. The number of nitrogens with zero attached hydrogens (tertiary/aromatic N) is 2. The van der Waals surface area contributed by atoms with Crippen LogP contribution in [0.5, 0.6) is 11.5 Å². The number of fused-ring (bicyclic) bond motifs is 1. The summed E-state index contributed by atoms with van der Waals surface area (Å²) in [4.78, 5) is 24.0. The van der Waals surface area contributed by atoms with Crippen LogP contribution in [-0.2, 0) is 17.9 Å². The van der Waals surface area contributed by atoms with Gasteiger partial charge in [0.25, 0.3) is 0 Å². The molecule has 0 bridgehead atoms. The summed E-state index contributed by atoms with van der Waals surface area (Å²) in [5.74, 6) is 1.28. The standard InChI is InChI=1S/C16H20N4O4S/c1-3-6-20-15(22)18-19-16(20)25-10(2)14(21)17-8-11-4-5-12-13(7-11)24-9-23-12/h4-5,7,10H,3,6,8-9H2,1-2H3,(H,17,21)(H,18,22)/t10-/m0/s1. The molecule has 0 spiro atoms. The second-order valence-corrected chi connectivity index (χ2v) is 6.94. The predicted octanol–water partition coefficient (Wildman–Crippen LogP) is 1.51. The van der Waals surface area contributed by atoms with E-state index in [4.69, 9.17) is 9.47 Å². The summed E-state index contributed by atoms with van der Waals surface area (Å²) in [5.41, 5.74) is 0.676. The molecule has 0 saturated carbocycles. The first-order valence-electron chi connectivity index (χ1n) is 8.06. The van der Waals surface area contributed by atoms with E-state index >= 15 is 0 Å². The van der Waals surface area contributed by atoms with Crippen molar-refractivity contribution < 1.29 is 14.3 Å². The molecule has 8 nitrogen and oxygen atoms in total. The number of rotatable bonds is 7. The zero-order valence-electron chi connectivity index (χ0n) is 14.1. The lowest BCUT2D eigenvalue weighted by molar-refractivity contribution is -0.120. The van der Waals surface area contributed by atoms with E-state index in [0.717, 1.165) is 12.0 Å². The van der Waals surface area contributed by atoms with Crippen LogP contribution in [0.3, 0.4) is 0 Å². The van der Waals surface area contributed by atoms with Gasteiger partial charge in [-0.15, -0.1) is 5.10 Å². The highest BCUT2D eigenvalue weighted by Gasteiger charge is 2.19. The maximum atomic E-state index is 12.3. The molecular formula is C16H20N4O4S. The minimum atomic E-state index is -0.375. The van der Waals surface area contributed by atoms with Crippen LogP contribution in [0.1, 0.15) is 25.8 Å². The molecule has 1 aromatic heterocycles. The number of aromatic amines is 1. The summed E-state index contributed by atoms with van der Waals surface area (Å²) in [5, 5.41) is 9.46. The Morgan fingerprint density at radius 1 is 1.44 bits per heavy atom. The van der Waals surface area contributed by atoms with Crippen molar-refractivity contribution >= 4 is 17.7 Å². The van der Waals surface area contributed by atoms with E-state index in [-0.39, 0.29) is 23.6 Å². The van der Waals surface area contributed by atoms with Crippen molar-refractivity contribution in [1.29, 1.82) is 0 Å². The summed E-state index contributed by atoms with van der Waals surface area (Å²) in [6, 6.07) is 5.57. The van der Waals surface area contributed by atoms with Crippen LogP contribution in [0.15, 0.2) is 28.2 Å². The van der Waals surface area contributed by atoms with Gasteiger partial charge in [-0.2, -0.15) is 0 Å². The molecule has 1 amide bonds. The zero-order valence-corrected chi connectivity index (χ0v) is 14.9. The molecule has 9 heteroatoms. The van der Waals surface area contributed by atoms with Gasteiger partial charge < -0.3 is 14.8 Å². The zero-order chi connectivity index (χ0) is 17.8. The number of H-pyrrole nitrogens is 1. The van der Waals surface area contributed by atoms with Gasteiger partial charge in [0, 0.05) is 13.1 Å². The Bertz CT molecular complexity index is 817. The second-order valence-electron chi connectivity index (χ2n) is 5.63. The van der Waals surface area contributed by atoms with Gasteiger partial charge in [0.15, 0.2) is 16.7 Å². The Hall–Kier alpha value is -2.42. The van der Waals surface area contributed by atoms with E-state index in [1.807, 2.05) is 25.1 Å². The molecule has 0 aliphatic carbocycles. The largest absolute Gasteiger partial charge is 0.454 e. The molecule has 2 aromatic rings. The number of hydrogen-bond donors (Lipinski definition) is 2. The number of thioether (sulfide) groups is 1. The van der Waals surface area contributed by atoms with Crippen LogP contribution >= 0.6 is 11.8 Å². The van der Waals surface area contributed by atoms with Gasteiger partial charge >= 0.3 is 5.69 Å². The minimum Gasteiger partial charge on any atom is -0.454 e. The number of carbonyl (C=O) groups is 1. The van der Waals surface area contributed by atoms with Crippen molar-refractivity contribution in [3.05, 3.63) is 34.2 Å². The molecule has 0 radical (unpaired) electrons. The molecule has 25 heavy (non-hydrogen) atoms. The van der Waals surface area contributed by atoms with Crippen molar-refractivity contribution in [1.82, 2.24) is 20.1 Å². The number of benzene rings is 1. The fraction of sp³-hybridized carbons (Fsp3) is 0.438. The molecule has 1 aliphatic rings. The fourth-order valence-electron chi connectivity index (χ4n) is 2.41. The Balaban J connectivity index is 1.57. The summed E-state index contributed by atoms with van der Waals surface area (Å²) < 4.78 is 12.1. The number of hydrogen-bond acceptors (Lipinski definition) is 6. The summed E-state index contributed by atoms with van der Waals surface area (Å²) >= 11 is 1.26. The van der Waals surface area contributed by atoms with Crippen molar-refractivity contribution in [2.45, 2.75) is 43.8 Å². The van der Waals surface area contributed by atoms with E-state index in [1.54, 1.807) is 11.5 Å². The molecule has 0 unspecified atom stereocenters. The minimum absolute atomic E-state index is 0.124. The predicted molar refractivity (Wildman–Crippen MR) is 92.9 cm³/mol. The Labute approximate surface area is 148 Å². The summed E-state index contributed by atoms with van der Waals surface area (Å²) in [6.45, 7) is 4.96. The van der Waals surface area contributed by atoms with Crippen molar-refractivity contribution in [3.8, 4) is 11.5 Å². The van der Waals surface area contributed by atoms with Crippen LogP contribution in [-0.4, -0.2) is 32.7 Å². The van der Waals surface area contributed by atoms with Crippen LogP contribution < -0.4 is 20.5 Å². The molecule has 2 heterocycles. The van der Waals surface area contributed by atoms with Crippen LogP contribution in [0.2, 0.25) is 0 Å².